The third-order valence-electron chi connectivity index (χ3n) is 2.95. The predicted molar refractivity (Wildman–Crippen MR) is 52.6 cm³/mol. The molecule has 7 heteroatoms. The summed E-state index contributed by atoms with van der Waals surface area (Å²) < 4.78 is 0. The maximum atomic E-state index is 11.9. The molecule has 0 saturated heterocycles. The first-order valence-electron chi connectivity index (χ1n) is 5.13. The van der Waals surface area contributed by atoms with Crippen molar-refractivity contribution in [3.8, 4) is 6.07 Å². The fraction of sp³-hybridized carbons (Fsp3) is 0.667. The second-order valence-electron chi connectivity index (χ2n) is 4.01. The van der Waals surface area contributed by atoms with Crippen LogP contribution < -0.4 is 5.32 Å². The van der Waals surface area contributed by atoms with E-state index >= 15 is 0 Å². The number of nitrogens with zero attached hydrogens (tertiary/aromatic N) is 4. The monoisotopic (exact) mass is 220 g/mol. The normalized spacial score (nSPS) is 19.2. The van der Waals surface area contributed by atoms with Gasteiger partial charge in [-0.2, -0.15) is 10.5 Å². The van der Waals surface area contributed by atoms with Gasteiger partial charge in [0.25, 0.3) is 0 Å². The molecule has 1 aliphatic carbocycles. The molecule has 1 heterocycles. The number of amides is 1. The van der Waals surface area contributed by atoms with E-state index in [0.29, 0.717) is 18.7 Å². The van der Waals surface area contributed by atoms with E-state index in [2.05, 4.69) is 32.0 Å². The largest absolute Gasteiger partial charge is 0.345 e. The topological polar surface area (TPSA) is 107 Å². The van der Waals surface area contributed by atoms with Crippen molar-refractivity contribution in [3.63, 3.8) is 0 Å². The van der Waals surface area contributed by atoms with Gasteiger partial charge in [0.1, 0.15) is 5.41 Å². The molecule has 1 unspecified atom stereocenters. The number of nitriles is 1. The van der Waals surface area contributed by atoms with E-state index in [1.165, 1.54) is 0 Å². The Morgan fingerprint density at radius 3 is 2.88 bits per heavy atom. The molecular weight excluding hydrogens is 208 g/mol. The Balaban J connectivity index is 2.00. The quantitative estimate of drug-likeness (QED) is 0.749. The van der Waals surface area contributed by atoms with Gasteiger partial charge < -0.3 is 5.32 Å². The van der Waals surface area contributed by atoms with Crippen LogP contribution >= 0.6 is 0 Å². The number of rotatable bonds is 3. The van der Waals surface area contributed by atoms with Crippen LogP contribution in [0.5, 0.6) is 0 Å². The average molecular weight is 220 g/mol. The molecule has 1 atom stereocenters. The van der Waals surface area contributed by atoms with Crippen molar-refractivity contribution in [1.29, 1.82) is 5.26 Å². The van der Waals surface area contributed by atoms with E-state index < -0.39 is 5.41 Å². The van der Waals surface area contributed by atoms with Crippen molar-refractivity contribution in [3.05, 3.63) is 5.82 Å². The minimum Gasteiger partial charge on any atom is -0.345 e. The summed E-state index contributed by atoms with van der Waals surface area (Å²) in [5.74, 6) is 0.180. The number of carbonyl (C=O) groups excluding carboxylic acids is 1. The third kappa shape index (κ3) is 1.62. The van der Waals surface area contributed by atoms with Gasteiger partial charge in [0.15, 0.2) is 5.82 Å². The van der Waals surface area contributed by atoms with E-state index in [-0.39, 0.29) is 11.9 Å². The average Bonchev–Trinajstić information content (AvgIpc) is 2.69. The zero-order valence-electron chi connectivity index (χ0n) is 8.90. The first-order chi connectivity index (χ1) is 7.68. The highest BCUT2D eigenvalue weighted by atomic mass is 16.2. The highest BCUT2D eigenvalue weighted by Gasteiger charge is 2.45. The van der Waals surface area contributed by atoms with Crippen LogP contribution in [0.4, 0.5) is 0 Å². The Kier molecular flexibility index (Phi) is 2.56. The van der Waals surface area contributed by atoms with Crippen molar-refractivity contribution < 1.29 is 4.79 Å². The summed E-state index contributed by atoms with van der Waals surface area (Å²) in [4.78, 5) is 11.9. The number of aromatic amines is 1. The zero-order chi connectivity index (χ0) is 11.6. The molecule has 0 radical (unpaired) electrons. The summed E-state index contributed by atoms with van der Waals surface area (Å²) in [6.07, 6.45) is 2.19. The second kappa shape index (κ2) is 3.89. The van der Waals surface area contributed by atoms with E-state index in [1.54, 1.807) is 6.92 Å². The molecule has 1 aromatic rings. The van der Waals surface area contributed by atoms with Gasteiger partial charge in [0.2, 0.25) is 5.91 Å². The lowest BCUT2D eigenvalue weighted by molar-refractivity contribution is -0.132. The molecule has 2 rings (SSSR count). The summed E-state index contributed by atoms with van der Waals surface area (Å²) in [6.45, 7) is 1.76. The third-order valence-corrected chi connectivity index (χ3v) is 2.95. The maximum absolute atomic E-state index is 11.9. The molecule has 1 aromatic heterocycles. The molecule has 0 bridgehead atoms. The minimum absolute atomic E-state index is 0.237. The van der Waals surface area contributed by atoms with Crippen molar-refractivity contribution in [1.82, 2.24) is 25.9 Å². The number of H-pyrrole nitrogens is 1. The Morgan fingerprint density at radius 1 is 1.69 bits per heavy atom. The Labute approximate surface area is 92.2 Å². The fourth-order valence-electron chi connectivity index (χ4n) is 1.67. The lowest BCUT2D eigenvalue weighted by atomic mass is 9.69. The molecule has 0 aliphatic heterocycles. The zero-order valence-corrected chi connectivity index (χ0v) is 8.90. The second-order valence-corrected chi connectivity index (χ2v) is 4.01. The van der Waals surface area contributed by atoms with Crippen LogP contribution in [0.15, 0.2) is 0 Å². The van der Waals surface area contributed by atoms with Crippen molar-refractivity contribution in [2.24, 2.45) is 5.41 Å². The van der Waals surface area contributed by atoms with Gasteiger partial charge in [-0.3, -0.25) is 4.79 Å². The molecule has 1 amide bonds. The first-order valence-corrected chi connectivity index (χ1v) is 5.13. The van der Waals surface area contributed by atoms with Crippen LogP contribution in [-0.2, 0) is 4.79 Å². The van der Waals surface area contributed by atoms with Crippen LogP contribution in [0.25, 0.3) is 0 Å². The Bertz CT molecular complexity index is 416. The standard InChI is InChI=1S/C9H12N6O/c1-6(7-12-14-15-13-7)11-8(16)9(5-10)3-2-4-9/h6H,2-4H2,1H3,(H,11,16)(H,12,13,14,15). The lowest BCUT2D eigenvalue weighted by Gasteiger charge is -2.34. The molecule has 1 saturated carbocycles. The number of hydrogen-bond acceptors (Lipinski definition) is 5. The molecular formula is C9H12N6O. The SMILES string of the molecule is CC(NC(=O)C1(C#N)CCC1)c1nn[nH]n1. The molecule has 2 N–H and O–H groups in total. The van der Waals surface area contributed by atoms with Gasteiger partial charge in [-0.15, -0.1) is 10.2 Å². The van der Waals surface area contributed by atoms with Gasteiger partial charge >= 0.3 is 0 Å². The molecule has 1 aliphatic rings. The van der Waals surface area contributed by atoms with Gasteiger partial charge in [0, 0.05) is 0 Å². The first kappa shape index (κ1) is 10.5. The number of hydrogen-bond donors (Lipinski definition) is 2. The van der Waals surface area contributed by atoms with Gasteiger partial charge in [-0.05, 0) is 26.2 Å². The fourth-order valence-corrected chi connectivity index (χ4v) is 1.67. The number of nitrogens with one attached hydrogen (secondary N) is 2. The molecule has 7 nitrogen and oxygen atoms in total. The summed E-state index contributed by atoms with van der Waals surface area (Å²) >= 11 is 0. The smallest absolute Gasteiger partial charge is 0.241 e. The molecule has 1 fully saturated rings. The highest BCUT2D eigenvalue weighted by Crippen LogP contribution is 2.40. The van der Waals surface area contributed by atoms with Crippen molar-refractivity contribution in [2.45, 2.75) is 32.2 Å². The Morgan fingerprint density at radius 2 is 2.44 bits per heavy atom. The summed E-state index contributed by atoms with van der Waals surface area (Å²) in [7, 11) is 0. The Hall–Kier alpha value is -1.97. The van der Waals surface area contributed by atoms with Crippen molar-refractivity contribution >= 4 is 5.91 Å². The van der Waals surface area contributed by atoms with Gasteiger partial charge in [-0.1, -0.05) is 5.21 Å². The van der Waals surface area contributed by atoms with E-state index in [1.807, 2.05) is 0 Å². The number of tetrazole rings is 1. The maximum Gasteiger partial charge on any atom is 0.241 e. The van der Waals surface area contributed by atoms with Gasteiger partial charge in [0.05, 0.1) is 12.1 Å². The van der Waals surface area contributed by atoms with E-state index in [9.17, 15) is 4.79 Å². The number of aromatic nitrogens is 4. The number of carbonyl (C=O) groups is 1. The molecule has 0 aromatic carbocycles. The summed E-state index contributed by atoms with van der Waals surface area (Å²) in [5.41, 5.74) is -0.835. The summed E-state index contributed by atoms with van der Waals surface area (Å²) in [6, 6.07) is 1.75. The van der Waals surface area contributed by atoms with E-state index in [4.69, 9.17) is 5.26 Å². The highest BCUT2D eigenvalue weighted by molar-refractivity contribution is 5.86. The van der Waals surface area contributed by atoms with Crippen molar-refractivity contribution in [2.75, 3.05) is 0 Å². The minimum atomic E-state index is -0.835. The van der Waals surface area contributed by atoms with Crippen LogP contribution in [0.3, 0.4) is 0 Å². The van der Waals surface area contributed by atoms with Crippen LogP contribution in [0.1, 0.15) is 38.1 Å². The van der Waals surface area contributed by atoms with Gasteiger partial charge in [-0.25, -0.2) is 0 Å². The summed E-state index contributed by atoms with van der Waals surface area (Å²) in [5, 5.41) is 25.0. The lowest BCUT2D eigenvalue weighted by Crippen LogP contribution is -2.45. The van der Waals surface area contributed by atoms with Crippen LogP contribution in [0, 0.1) is 16.7 Å². The predicted octanol–water partition coefficient (Wildman–Crippen LogP) is 0.0708. The molecule has 84 valence electrons. The van der Waals surface area contributed by atoms with E-state index in [0.717, 1.165) is 6.42 Å². The molecule has 0 spiro atoms. The molecule has 16 heavy (non-hydrogen) atoms. The van der Waals surface area contributed by atoms with Crippen LogP contribution in [-0.4, -0.2) is 26.5 Å². The van der Waals surface area contributed by atoms with Crippen LogP contribution in [0.2, 0.25) is 0 Å².